The van der Waals surface area contributed by atoms with Crippen LogP contribution in [0.25, 0.3) is 0 Å². The second kappa shape index (κ2) is 5.77. The first kappa shape index (κ1) is 13.9. The van der Waals surface area contributed by atoms with Gasteiger partial charge in [0, 0.05) is 23.6 Å². The molecule has 110 valence electrons. The van der Waals surface area contributed by atoms with Gasteiger partial charge in [0.25, 0.3) is 5.56 Å². The molecule has 2 heterocycles. The van der Waals surface area contributed by atoms with Crippen molar-refractivity contribution in [3.8, 4) is 0 Å². The molecule has 0 atom stereocenters. The summed E-state index contributed by atoms with van der Waals surface area (Å²) in [6.07, 6.45) is 1.77. The molecule has 1 amide bonds. The standard InChI is InChI=1S/C15H16ClN3O2/c16-11-4-1-10(2-5-11)3-6-14(20)19-8-7-12-13(9-19)17-18-15(12)21/h1-2,4-5H,3,6-9H2,(H2,17,18,21). The molecule has 0 unspecified atom stereocenters. The van der Waals surface area contributed by atoms with E-state index in [9.17, 15) is 9.59 Å². The summed E-state index contributed by atoms with van der Waals surface area (Å²) >= 11 is 5.84. The number of aryl methyl sites for hydroxylation is 1. The molecule has 5 nitrogen and oxygen atoms in total. The van der Waals surface area contributed by atoms with Gasteiger partial charge in [0.1, 0.15) is 0 Å². The number of hydrogen-bond donors (Lipinski definition) is 2. The second-order valence-corrected chi connectivity index (χ2v) is 5.66. The number of carbonyl (C=O) groups is 1. The molecule has 21 heavy (non-hydrogen) atoms. The average molecular weight is 306 g/mol. The van der Waals surface area contributed by atoms with E-state index in [-0.39, 0.29) is 11.5 Å². The van der Waals surface area contributed by atoms with Crippen molar-refractivity contribution in [2.24, 2.45) is 0 Å². The smallest absolute Gasteiger partial charge is 0.267 e. The molecular formula is C15H16ClN3O2. The van der Waals surface area contributed by atoms with Crippen LogP contribution in [0.2, 0.25) is 5.02 Å². The summed E-state index contributed by atoms with van der Waals surface area (Å²) in [5, 5.41) is 6.11. The van der Waals surface area contributed by atoms with E-state index in [1.54, 1.807) is 4.90 Å². The van der Waals surface area contributed by atoms with Gasteiger partial charge in [-0.1, -0.05) is 23.7 Å². The fraction of sp³-hybridized carbons (Fsp3) is 0.333. The van der Waals surface area contributed by atoms with Crippen LogP contribution in [-0.2, 0) is 24.2 Å². The molecule has 6 heteroatoms. The Morgan fingerprint density at radius 2 is 2.00 bits per heavy atom. The van der Waals surface area contributed by atoms with E-state index in [0.717, 1.165) is 16.8 Å². The van der Waals surface area contributed by atoms with E-state index < -0.39 is 0 Å². The monoisotopic (exact) mass is 305 g/mol. The topological polar surface area (TPSA) is 69.0 Å². The maximum Gasteiger partial charge on any atom is 0.267 e. The number of hydrogen-bond acceptors (Lipinski definition) is 2. The molecule has 0 fully saturated rings. The van der Waals surface area contributed by atoms with Gasteiger partial charge in [0.05, 0.1) is 12.2 Å². The summed E-state index contributed by atoms with van der Waals surface area (Å²) in [7, 11) is 0. The van der Waals surface area contributed by atoms with Gasteiger partial charge >= 0.3 is 0 Å². The highest BCUT2D eigenvalue weighted by Crippen LogP contribution is 2.16. The van der Waals surface area contributed by atoms with Crippen molar-refractivity contribution in [3.63, 3.8) is 0 Å². The number of nitrogens with one attached hydrogen (secondary N) is 2. The summed E-state index contributed by atoms with van der Waals surface area (Å²) < 4.78 is 0. The lowest BCUT2D eigenvalue weighted by Gasteiger charge is -2.26. The van der Waals surface area contributed by atoms with E-state index in [4.69, 9.17) is 11.6 Å². The van der Waals surface area contributed by atoms with Crippen molar-refractivity contribution < 1.29 is 4.79 Å². The van der Waals surface area contributed by atoms with Crippen LogP contribution in [0.1, 0.15) is 23.2 Å². The minimum atomic E-state index is -0.0711. The van der Waals surface area contributed by atoms with Gasteiger partial charge in [-0.15, -0.1) is 0 Å². The first-order valence-electron chi connectivity index (χ1n) is 6.94. The number of fused-ring (bicyclic) bond motifs is 1. The number of halogens is 1. The van der Waals surface area contributed by atoms with Crippen LogP contribution in [0.3, 0.4) is 0 Å². The fourth-order valence-electron chi connectivity index (χ4n) is 2.61. The molecule has 0 radical (unpaired) electrons. The summed E-state index contributed by atoms with van der Waals surface area (Å²) in [5.74, 6) is 0.109. The van der Waals surface area contributed by atoms with Crippen LogP contribution in [0, 0.1) is 0 Å². The molecular weight excluding hydrogens is 290 g/mol. The highest BCUT2D eigenvalue weighted by Gasteiger charge is 2.23. The molecule has 0 aliphatic carbocycles. The maximum atomic E-state index is 12.3. The van der Waals surface area contributed by atoms with Gasteiger partial charge in [-0.05, 0) is 30.5 Å². The Morgan fingerprint density at radius 3 is 2.76 bits per heavy atom. The summed E-state index contributed by atoms with van der Waals surface area (Å²) in [6.45, 7) is 1.08. The van der Waals surface area contributed by atoms with Crippen molar-refractivity contribution in [1.29, 1.82) is 0 Å². The Kier molecular flexibility index (Phi) is 3.84. The number of rotatable bonds is 3. The summed E-state index contributed by atoms with van der Waals surface area (Å²) in [6, 6.07) is 7.54. The molecule has 0 saturated carbocycles. The zero-order chi connectivity index (χ0) is 14.8. The number of nitrogens with zero attached hydrogens (tertiary/aromatic N) is 1. The third kappa shape index (κ3) is 3.03. The maximum absolute atomic E-state index is 12.3. The fourth-order valence-corrected chi connectivity index (χ4v) is 2.74. The minimum Gasteiger partial charge on any atom is -0.336 e. The molecule has 0 saturated heterocycles. The van der Waals surface area contributed by atoms with Gasteiger partial charge in [0.2, 0.25) is 5.91 Å². The molecule has 1 aliphatic heterocycles. The number of H-pyrrole nitrogens is 2. The predicted molar refractivity (Wildman–Crippen MR) is 80.3 cm³/mol. The zero-order valence-corrected chi connectivity index (χ0v) is 12.2. The van der Waals surface area contributed by atoms with Crippen LogP contribution in [-0.4, -0.2) is 27.5 Å². The molecule has 1 aliphatic rings. The van der Waals surface area contributed by atoms with Crippen molar-refractivity contribution in [2.45, 2.75) is 25.8 Å². The Morgan fingerprint density at radius 1 is 1.24 bits per heavy atom. The Bertz CT molecular complexity index is 702. The van der Waals surface area contributed by atoms with Gasteiger partial charge in [-0.3, -0.25) is 14.7 Å². The van der Waals surface area contributed by atoms with Gasteiger partial charge in [0.15, 0.2) is 0 Å². The molecule has 2 aromatic rings. The average Bonchev–Trinajstić information content (AvgIpc) is 2.87. The van der Waals surface area contributed by atoms with Crippen LogP contribution >= 0.6 is 11.6 Å². The highest BCUT2D eigenvalue weighted by molar-refractivity contribution is 6.30. The van der Waals surface area contributed by atoms with E-state index in [1.165, 1.54) is 0 Å². The van der Waals surface area contributed by atoms with Gasteiger partial charge in [-0.2, -0.15) is 0 Å². The number of aromatic amines is 2. The zero-order valence-electron chi connectivity index (χ0n) is 11.5. The Hall–Kier alpha value is -2.01. The second-order valence-electron chi connectivity index (χ2n) is 5.23. The Balaban J connectivity index is 1.59. The molecule has 1 aromatic carbocycles. The number of aromatic nitrogens is 2. The largest absolute Gasteiger partial charge is 0.336 e. The van der Waals surface area contributed by atoms with Crippen LogP contribution in [0.5, 0.6) is 0 Å². The normalized spacial score (nSPS) is 14.0. The quantitative estimate of drug-likeness (QED) is 0.909. The van der Waals surface area contributed by atoms with E-state index in [0.29, 0.717) is 37.4 Å². The third-order valence-corrected chi connectivity index (χ3v) is 4.09. The van der Waals surface area contributed by atoms with Crippen molar-refractivity contribution >= 4 is 17.5 Å². The first-order valence-corrected chi connectivity index (χ1v) is 7.32. The molecule has 0 spiro atoms. The minimum absolute atomic E-state index is 0.0711. The van der Waals surface area contributed by atoms with Crippen molar-refractivity contribution in [1.82, 2.24) is 15.1 Å². The van der Waals surface area contributed by atoms with Crippen molar-refractivity contribution in [2.75, 3.05) is 6.54 Å². The van der Waals surface area contributed by atoms with E-state index in [2.05, 4.69) is 10.2 Å². The number of amides is 1. The SMILES string of the molecule is O=C(CCc1ccc(Cl)cc1)N1CCc2c([nH][nH]c2=O)C1. The van der Waals surface area contributed by atoms with Gasteiger partial charge < -0.3 is 10.00 Å². The van der Waals surface area contributed by atoms with Gasteiger partial charge in [-0.25, -0.2) is 0 Å². The summed E-state index contributed by atoms with van der Waals surface area (Å²) in [4.78, 5) is 25.5. The lowest BCUT2D eigenvalue weighted by atomic mass is 10.1. The third-order valence-electron chi connectivity index (χ3n) is 3.84. The molecule has 0 bridgehead atoms. The lowest BCUT2D eigenvalue weighted by Crippen LogP contribution is -2.37. The van der Waals surface area contributed by atoms with Crippen LogP contribution in [0.15, 0.2) is 29.1 Å². The number of benzene rings is 1. The van der Waals surface area contributed by atoms with Crippen LogP contribution < -0.4 is 5.56 Å². The number of carbonyl (C=O) groups excluding carboxylic acids is 1. The molecule has 2 N–H and O–H groups in total. The summed E-state index contributed by atoms with van der Waals surface area (Å²) in [5.41, 5.74) is 2.63. The predicted octanol–water partition coefficient (Wildman–Crippen LogP) is 1.87. The van der Waals surface area contributed by atoms with Crippen molar-refractivity contribution in [3.05, 3.63) is 56.5 Å². The van der Waals surface area contributed by atoms with Crippen LogP contribution in [0.4, 0.5) is 0 Å². The lowest BCUT2D eigenvalue weighted by molar-refractivity contribution is -0.132. The first-order chi connectivity index (χ1) is 10.1. The van der Waals surface area contributed by atoms with E-state index in [1.807, 2.05) is 24.3 Å². The van der Waals surface area contributed by atoms with E-state index >= 15 is 0 Å². The Labute approximate surface area is 126 Å². The molecule has 1 aromatic heterocycles. The highest BCUT2D eigenvalue weighted by atomic mass is 35.5. The molecule has 3 rings (SSSR count).